The lowest BCUT2D eigenvalue weighted by atomic mass is 10.2. The molecule has 0 aliphatic heterocycles. The SMILES string of the molecule is Nc1nc(Br)c2cccc(O)c2n1. The minimum Gasteiger partial charge on any atom is -0.506 e. The fourth-order valence-corrected chi connectivity index (χ4v) is 1.62. The maximum Gasteiger partial charge on any atom is 0.221 e. The van der Waals surface area contributed by atoms with Crippen LogP contribution in [0, 0.1) is 0 Å². The second-order valence-electron chi connectivity index (χ2n) is 2.55. The van der Waals surface area contributed by atoms with Crippen molar-refractivity contribution < 1.29 is 5.11 Å². The molecule has 0 radical (unpaired) electrons. The highest BCUT2D eigenvalue weighted by Gasteiger charge is 2.06. The van der Waals surface area contributed by atoms with Crippen molar-refractivity contribution >= 4 is 32.8 Å². The smallest absolute Gasteiger partial charge is 0.221 e. The van der Waals surface area contributed by atoms with Gasteiger partial charge in [-0.2, -0.15) is 0 Å². The summed E-state index contributed by atoms with van der Waals surface area (Å²) in [4.78, 5) is 7.84. The predicted molar refractivity (Wildman–Crippen MR) is 53.3 cm³/mol. The molecular formula is C8H6BrN3O. The van der Waals surface area contributed by atoms with Gasteiger partial charge in [0.15, 0.2) is 0 Å². The first-order valence-electron chi connectivity index (χ1n) is 3.59. The number of aromatic nitrogens is 2. The Morgan fingerprint density at radius 2 is 2.08 bits per heavy atom. The van der Waals surface area contributed by atoms with Gasteiger partial charge < -0.3 is 10.8 Å². The number of aromatic hydroxyl groups is 1. The van der Waals surface area contributed by atoms with Crippen molar-refractivity contribution in [3.05, 3.63) is 22.8 Å². The van der Waals surface area contributed by atoms with Gasteiger partial charge >= 0.3 is 0 Å². The molecule has 3 N–H and O–H groups in total. The number of phenolic OH excluding ortho intramolecular Hbond substituents is 1. The number of rotatable bonds is 0. The number of halogens is 1. The molecule has 0 amide bonds. The number of nitrogen functional groups attached to an aromatic ring is 1. The van der Waals surface area contributed by atoms with Gasteiger partial charge in [0, 0.05) is 5.39 Å². The molecule has 0 bridgehead atoms. The topological polar surface area (TPSA) is 72.0 Å². The molecular weight excluding hydrogens is 234 g/mol. The second-order valence-corrected chi connectivity index (χ2v) is 3.30. The molecule has 13 heavy (non-hydrogen) atoms. The zero-order valence-electron chi connectivity index (χ0n) is 6.53. The van der Waals surface area contributed by atoms with Crippen molar-refractivity contribution in [2.75, 3.05) is 5.73 Å². The molecule has 5 heteroatoms. The van der Waals surface area contributed by atoms with Crippen molar-refractivity contribution in [3.8, 4) is 5.75 Å². The molecule has 0 saturated carbocycles. The second kappa shape index (κ2) is 2.85. The summed E-state index contributed by atoms with van der Waals surface area (Å²) >= 11 is 3.24. The van der Waals surface area contributed by atoms with Gasteiger partial charge in [-0.05, 0) is 28.1 Å². The summed E-state index contributed by atoms with van der Waals surface area (Å²) < 4.78 is 0.589. The van der Waals surface area contributed by atoms with Crippen molar-refractivity contribution in [2.24, 2.45) is 0 Å². The molecule has 66 valence electrons. The first-order chi connectivity index (χ1) is 6.18. The largest absolute Gasteiger partial charge is 0.506 e. The Morgan fingerprint density at radius 1 is 1.31 bits per heavy atom. The molecule has 2 rings (SSSR count). The standard InChI is InChI=1S/C8H6BrN3O/c9-7-4-2-1-3-5(13)6(4)11-8(10)12-7/h1-3,13H,(H2,10,11,12). The summed E-state index contributed by atoms with van der Waals surface area (Å²) in [5.74, 6) is 0.244. The minimum atomic E-state index is 0.104. The highest BCUT2D eigenvalue weighted by Crippen LogP contribution is 2.27. The van der Waals surface area contributed by atoms with E-state index >= 15 is 0 Å². The highest BCUT2D eigenvalue weighted by atomic mass is 79.9. The molecule has 0 saturated heterocycles. The van der Waals surface area contributed by atoms with Gasteiger partial charge in [0.05, 0.1) is 0 Å². The van der Waals surface area contributed by atoms with Gasteiger partial charge in [-0.1, -0.05) is 6.07 Å². The third-order valence-electron chi connectivity index (χ3n) is 1.68. The minimum absolute atomic E-state index is 0.104. The molecule has 4 nitrogen and oxygen atoms in total. The van der Waals surface area contributed by atoms with Crippen molar-refractivity contribution in [1.29, 1.82) is 0 Å². The Balaban J connectivity index is 2.94. The summed E-state index contributed by atoms with van der Waals surface area (Å²) in [6, 6.07) is 5.09. The molecule has 1 aromatic carbocycles. The number of benzene rings is 1. The van der Waals surface area contributed by atoms with Gasteiger partial charge in [-0.3, -0.25) is 0 Å². The first-order valence-corrected chi connectivity index (χ1v) is 4.38. The number of nitrogens with two attached hydrogens (primary N) is 1. The van der Waals surface area contributed by atoms with Crippen LogP contribution in [0.5, 0.6) is 5.75 Å². The number of fused-ring (bicyclic) bond motifs is 1. The van der Waals surface area contributed by atoms with Crippen LogP contribution in [0.1, 0.15) is 0 Å². The lowest BCUT2D eigenvalue weighted by molar-refractivity contribution is 0.480. The summed E-state index contributed by atoms with van der Waals surface area (Å²) in [7, 11) is 0. The molecule has 0 atom stereocenters. The molecule has 0 spiro atoms. The third-order valence-corrected chi connectivity index (χ3v) is 2.28. The van der Waals surface area contributed by atoms with Gasteiger partial charge in [0.25, 0.3) is 0 Å². The number of hydrogen-bond donors (Lipinski definition) is 2. The van der Waals surface area contributed by atoms with Crippen LogP contribution in [0.25, 0.3) is 10.9 Å². The Bertz CT molecular complexity index is 472. The van der Waals surface area contributed by atoms with E-state index in [4.69, 9.17) is 5.73 Å². The summed E-state index contributed by atoms with van der Waals surface area (Å²) in [5.41, 5.74) is 5.89. The monoisotopic (exact) mass is 239 g/mol. The highest BCUT2D eigenvalue weighted by molar-refractivity contribution is 9.10. The summed E-state index contributed by atoms with van der Waals surface area (Å²) in [6.07, 6.45) is 0. The molecule has 0 aliphatic carbocycles. The predicted octanol–water partition coefficient (Wildman–Crippen LogP) is 1.68. The zero-order valence-corrected chi connectivity index (χ0v) is 8.12. The number of hydrogen-bond acceptors (Lipinski definition) is 4. The van der Waals surface area contributed by atoms with E-state index in [0.717, 1.165) is 5.39 Å². The molecule has 1 heterocycles. The van der Waals surface area contributed by atoms with Gasteiger partial charge in [-0.15, -0.1) is 0 Å². The van der Waals surface area contributed by atoms with E-state index in [0.29, 0.717) is 10.1 Å². The van der Waals surface area contributed by atoms with E-state index < -0.39 is 0 Å². The van der Waals surface area contributed by atoms with Crippen LogP contribution in [0.2, 0.25) is 0 Å². The van der Waals surface area contributed by atoms with Crippen LogP contribution in [0.3, 0.4) is 0 Å². The van der Waals surface area contributed by atoms with Gasteiger partial charge in [0.1, 0.15) is 15.9 Å². The van der Waals surface area contributed by atoms with E-state index in [9.17, 15) is 5.11 Å². The van der Waals surface area contributed by atoms with Gasteiger partial charge in [0.2, 0.25) is 5.95 Å². The van der Waals surface area contributed by atoms with Crippen LogP contribution >= 0.6 is 15.9 Å². The average molecular weight is 240 g/mol. The molecule has 0 fully saturated rings. The van der Waals surface area contributed by atoms with Crippen LogP contribution in [-0.4, -0.2) is 15.1 Å². The Kier molecular flexibility index (Phi) is 1.81. The maximum atomic E-state index is 9.45. The van der Waals surface area contributed by atoms with E-state index in [2.05, 4.69) is 25.9 Å². The van der Waals surface area contributed by atoms with Crippen LogP contribution < -0.4 is 5.73 Å². The number of phenols is 1. The summed E-state index contributed by atoms with van der Waals surface area (Å²) in [5, 5.41) is 10.2. The Morgan fingerprint density at radius 3 is 2.85 bits per heavy atom. The number of anilines is 1. The van der Waals surface area contributed by atoms with Crippen molar-refractivity contribution in [2.45, 2.75) is 0 Å². The van der Waals surface area contributed by atoms with Crippen LogP contribution in [0.4, 0.5) is 5.95 Å². The van der Waals surface area contributed by atoms with Crippen molar-refractivity contribution in [3.63, 3.8) is 0 Å². The van der Waals surface area contributed by atoms with E-state index in [1.807, 2.05) is 0 Å². The molecule has 2 aromatic rings. The first kappa shape index (κ1) is 8.25. The fraction of sp³-hybridized carbons (Fsp3) is 0. The van der Waals surface area contributed by atoms with Crippen molar-refractivity contribution in [1.82, 2.24) is 9.97 Å². The average Bonchev–Trinajstić information content (AvgIpc) is 2.07. The van der Waals surface area contributed by atoms with Crippen LogP contribution in [0.15, 0.2) is 22.8 Å². The maximum absolute atomic E-state index is 9.45. The zero-order chi connectivity index (χ0) is 9.42. The van der Waals surface area contributed by atoms with Crippen LogP contribution in [-0.2, 0) is 0 Å². The molecule has 1 aromatic heterocycles. The molecule has 0 unspecified atom stereocenters. The molecule has 0 aliphatic rings. The Hall–Kier alpha value is -1.36. The number of nitrogens with zero attached hydrogens (tertiary/aromatic N) is 2. The third kappa shape index (κ3) is 1.31. The quantitative estimate of drug-likeness (QED) is 0.687. The van der Waals surface area contributed by atoms with E-state index in [1.165, 1.54) is 0 Å². The lowest BCUT2D eigenvalue weighted by Crippen LogP contribution is -1.95. The van der Waals surface area contributed by atoms with Gasteiger partial charge in [-0.25, -0.2) is 9.97 Å². The Labute approximate surface area is 82.6 Å². The number of para-hydroxylation sites is 1. The lowest BCUT2D eigenvalue weighted by Gasteiger charge is -2.01. The fourth-order valence-electron chi connectivity index (χ4n) is 1.12. The van der Waals surface area contributed by atoms with E-state index in [-0.39, 0.29) is 11.7 Å². The summed E-state index contributed by atoms with van der Waals surface area (Å²) in [6.45, 7) is 0. The van der Waals surface area contributed by atoms with E-state index in [1.54, 1.807) is 18.2 Å². The normalized spacial score (nSPS) is 10.5.